The van der Waals surface area contributed by atoms with Crippen LogP contribution in [0.25, 0.3) is 0 Å². The molecule has 1 aromatic rings. The first-order valence-electron chi connectivity index (χ1n) is 7.47. The number of aromatic carboxylic acids is 1. The van der Waals surface area contributed by atoms with E-state index in [-0.39, 0.29) is 17.2 Å². The third-order valence-corrected chi connectivity index (χ3v) is 3.33. The van der Waals surface area contributed by atoms with E-state index in [4.69, 9.17) is 10.8 Å². The molecule has 0 aliphatic carbocycles. The number of amides is 1. The second kappa shape index (κ2) is 9.00. The van der Waals surface area contributed by atoms with Crippen molar-refractivity contribution in [1.82, 2.24) is 0 Å². The van der Waals surface area contributed by atoms with Gasteiger partial charge in [0, 0.05) is 6.42 Å². The zero-order valence-corrected chi connectivity index (χ0v) is 12.5. The van der Waals surface area contributed by atoms with Crippen LogP contribution in [-0.2, 0) is 4.79 Å². The van der Waals surface area contributed by atoms with E-state index in [0.29, 0.717) is 12.1 Å². The summed E-state index contributed by atoms with van der Waals surface area (Å²) in [5, 5.41) is 11.6. The molecule has 21 heavy (non-hydrogen) atoms. The van der Waals surface area contributed by atoms with Crippen LogP contribution in [0.3, 0.4) is 0 Å². The van der Waals surface area contributed by atoms with Gasteiger partial charge in [-0.3, -0.25) is 4.79 Å². The van der Waals surface area contributed by atoms with Crippen molar-refractivity contribution in [3.8, 4) is 0 Å². The number of rotatable bonds is 9. The number of carboxylic acid groups (broad SMARTS) is 1. The third kappa shape index (κ3) is 6.29. The van der Waals surface area contributed by atoms with Crippen LogP contribution in [0.4, 0.5) is 11.4 Å². The summed E-state index contributed by atoms with van der Waals surface area (Å²) in [5.41, 5.74) is 6.59. The fraction of sp³-hybridized carbons (Fsp3) is 0.500. The normalized spacial score (nSPS) is 10.3. The maximum absolute atomic E-state index is 11.8. The van der Waals surface area contributed by atoms with Gasteiger partial charge in [0.2, 0.25) is 5.91 Å². The minimum Gasteiger partial charge on any atom is -0.478 e. The smallest absolute Gasteiger partial charge is 0.335 e. The lowest BCUT2D eigenvalue weighted by atomic mass is 10.1. The molecule has 0 aliphatic rings. The molecule has 0 spiro atoms. The largest absolute Gasteiger partial charge is 0.478 e. The van der Waals surface area contributed by atoms with Crippen LogP contribution < -0.4 is 11.1 Å². The average molecular weight is 292 g/mol. The van der Waals surface area contributed by atoms with Crippen molar-refractivity contribution in [3.63, 3.8) is 0 Å². The van der Waals surface area contributed by atoms with E-state index < -0.39 is 5.97 Å². The van der Waals surface area contributed by atoms with Gasteiger partial charge in [0.05, 0.1) is 16.9 Å². The van der Waals surface area contributed by atoms with Gasteiger partial charge in [0.1, 0.15) is 0 Å². The number of anilines is 2. The second-order valence-corrected chi connectivity index (χ2v) is 5.17. The van der Waals surface area contributed by atoms with Crippen LogP contribution in [0.15, 0.2) is 18.2 Å². The number of carbonyl (C=O) groups excluding carboxylic acids is 1. The predicted molar refractivity (Wildman–Crippen MR) is 84.4 cm³/mol. The van der Waals surface area contributed by atoms with Crippen LogP contribution in [0.2, 0.25) is 0 Å². The van der Waals surface area contributed by atoms with Crippen LogP contribution in [0.5, 0.6) is 0 Å². The van der Waals surface area contributed by atoms with E-state index in [9.17, 15) is 9.59 Å². The number of benzene rings is 1. The zero-order chi connectivity index (χ0) is 15.7. The predicted octanol–water partition coefficient (Wildman–Crippen LogP) is 3.66. The molecule has 0 radical (unpaired) electrons. The SMILES string of the molecule is CCCCCCCCC(=O)Nc1ccc(C(=O)O)cc1N. The Bertz CT molecular complexity index is 486. The van der Waals surface area contributed by atoms with Gasteiger partial charge in [-0.15, -0.1) is 0 Å². The quantitative estimate of drug-likeness (QED) is 0.478. The Balaban J connectivity index is 2.36. The first kappa shape index (κ1) is 17.0. The summed E-state index contributed by atoms with van der Waals surface area (Å²) in [6.45, 7) is 2.17. The van der Waals surface area contributed by atoms with Crippen molar-refractivity contribution in [3.05, 3.63) is 23.8 Å². The van der Waals surface area contributed by atoms with E-state index >= 15 is 0 Å². The molecule has 0 heterocycles. The molecular weight excluding hydrogens is 268 g/mol. The third-order valence-electron chi connectivity index (χ3n) is 3.33. The molecule has 5 heteroatoms. The van der Waals surface area contributed by atoms with Gasteiger partial charge in [-0.05, 0) is 24.6 Å². The monoisotopic (exact) mass is 292 g/mol. The van der Waals surface area contributed by atoms with Crippen molar-refractivity contribution < 1.29 is 14.7 Å². The highest BCUT2D eigenvalue weighted by atomic mass is 16.4. The second-order valence-electron chi connectivity index (χ2n) is 5.17. The molecule has 0 bridgehead atoms. The van der Waals surface area contributed by atoms with E-state index in [0.717, 1.165) is 19.3 Å². The molecule has 4 N–H and O–H groups in total. The van der Waals surface area contributed by atoms with Crippen LogP contribution >= 0.6 is 0 Å². The lowest BCUT2D eigenvalue weighted by Crippen LogP contribution is -2.13. The fourth-order valence-electron chi connectivity index (χ4n) is 2.09. The van der Waals surface area contributed by atoms with Gasteiger partial charge in [-0.1, -0.05) is 39.0 Å². The number of carbonyl (C=O) groups is 2. The number of nitrogen functional groups attached to an aromatic ring is 1. The first-order valence-corrected chi connectivity index (χ1v) is 7.47. The molecule has 1 amide bonds. The summed E-state index contributed by atoms with van der Waals surface area (Å²) in [7, 11) is 0. The van der Waals surface area contributed by atoms with E-state index in [2.05, 4.69) is 12.2 Å². The van der Waals surface area contributed by atoms with Crippen LogP contribution in [-0.4, -0.2) is 17.0 Å². The summed E-state index contributed by atoms with van der Waals surface area (Å²) in [6, 6.07) is 4.31. The Kier molecular flexibility index (Phi) is 7.29. The topological polar surface area (TPSA) is 92.4 Å². The summed E-state index contributed by atoms with van der Waals surface area (Å²) >= 11 is 0. The molecule has 0 aliphatic heterocycles. The Morgan fingerprint density at radius 3 is 2.43 bits per heavy atom. The molecule has 0 saturated carbocycles. The highest BCUT2D eigenvalue weighted by molar-refractivity contribution is 5.96. The molecule has 0 aromatic heterocycles. The Hall–Kier alpha value is -2.04. The maximum Gasteiger partial charge on any atom is 0.335 e. The highest BCUT2D eigenvalue weighted by Crippen LogP contribution is 2.20. The van der Waals surface area contributed by atoms with Gasteiger partial charge in [0.15, 0.2) is 0 Å². The van der Waals surface area contributed by atoms with Gasteiger partial charge in [0.25, 0.3) is 0 Å². The van der Waals surface area contributed by atoms with Crippen molar-refractivity contribution in [2.75, 3.05) is 11.1 Å². The molecule has 1 aromatic carbocycles. The lowest BCUT2D eigenvalue weighted by molar-refractivity contribution is -0.116. The Morgan fingerprint density at radius 2 is 1.81 bits per heavy atom. The van der Waals surface area contributed by atoms with Crippen molar-refractivity contribution in [2.24, 2.45) is 0 Å². The Labute approximate surface area is 125 Å². The Morgan fingerprint density at radius 1 is 1.14 bits per heavy atom. The van der Waals surface area contributed by atoms with E-state index in [1.54, 1.807) is 0 Å². The summed E-state index contributed by atoms with van der Waals surface area (Å²) < 4.78 is 0. The van der Waals surface area contributed by atoms with Crippen LogP contribution in [0.1, 0.15) is 62.2 Å². The number of unbranched alkanes of at least 4 members (excludes halogenated alkanes) is 5. The summed E-state index contributed by atoms with van der Waals surface area (Å²) in [4.78, 5) is 22.6. The molecule has 1 rings (SSSR count). The maximum atomic E-state index is 11.8. The van der Waals surface area contributed by atoms with E-state index in [1.165, 1.54) is 37.5 Å². The minimum atomic E-state index is -1.04. The van der Waals surface area contributed by atoms with Crippen molar-refractivity contribution in [1.29, 1.82) is 0 Å². The van der Waals surface area contributed by atoms with Crippen molar-refractivity contribution in [2.45, 2.75) is 51.9 Å². The highest BCUT2D eigenvalue weighted by Gasteiger charge is 2.08. The molecule has 0 saturated heterocycles. The first-order chi connectivity index (χ1) is 10.0. The summed E-state index contributed by atoms with van der Waals surface area (Å²) in [5.74, 6) is -1.12. The lowest BCUT2D eigenvalue weighted by Gasteiger charge is -2.09. The molecule has 5 nitrogen and oxygen atoms in total. The van der Waals surface area contributed by atoms with Gasteiger partial charge >= 0.3 is 5.97 Å². The molecule has 116 valence electrons. The van der Waals surface area contributed by atoms with Crippen LogP contribution in [0, 0.1) is 0 Å². The number of hydrogen-bond acceptors (Lipinski definition) is 3. The van der Waals surface area contributed by atoms with Gasteiger partial charge in [-0.2, -0.15) is 0 Å². The standard InChI is InChI=1S/C16H24N2O3/c1-2-3-4-5-6-7-8-15(19)18-14-10-9-12(16(20)21)11-13(14)17/h9-11H,2-8,17H2,1H3,(H,18,19)(H,20,21). The van der Waals surface area contributed by atoms with Gasteiger partial charge < -0.3 is 16.2 Å². The average Bonchev–Trinajstić information content (AvgIpc) is 2.44. The minimum absolute atomic E-state index is 0.0831. The fourth-order valence-corrected chi connectivity index (χ4v) is 2.09. The number of nitrogens with one attached hydrogen (secondary N) is 1. The number of carboxylic acids is 1. The van der Waals surface area contributed by atoms with Crippen molar-refractivity contribution >= 4 is 23.3 Å². The molecule has 0 fully saturated rings. The number of hydrogen-bond donors (Lipinski definition) is 3. The zero-order valence-electron chi connectivity index (χ0n) is 12.5. The number of nitrogens with two attached hydrogens (primary N) is 1. The molecule has 0 unspecified atom stereocenters. The van der Waals surface area contributed by atoms with Gasteiger partial charge in [-0.25, -0.2) is 4.79 Å². The van der Waals surface area contributed by atoms with E-state index in [1.807, 2.05) is 0 Å². The summed E-state index contributed by atoms with van der Waals surface area (Å²) in [6.07, 6.45) is 7.23. The molecule has 0 atom stereocenters. The molecular formula is C16H24N2O3.